The lowest BCUT2D eigenvalue weighted by molar-refractivity contribution is 0.0500. The lowest BCUT2D eigenvalue weighted by Crippen LogP contribution is -2.06. The molecule has 0 amide bonds. The van der Waals surface area contributed by atoms with E-state index in [9.17, 15) is 4.79 Å². The molecule has 112 valence electrons. The highest BCUT2D eigenvalue weighted by atomic mass is 16.5. The van der Waals surface area contributed by atoms with E-state index in [1.807, 2.05) is 12.1 Å². The lowest BCUT2D eigenvalue weighted by Gasteiger charge is -2.06. The average Bonchev–Trinajstić information content (AvgIpc) is 2.91. The molecule has 0 saturated heterocycles. The van der Waals surface area contributed by atoms with Crippen molar-refractivity contribution in [3.05, 3.63) is 41.5 Å². The fourth-order valence-electron chi connectivity index (χ4n) is 1.71. The monoisotopic (exact) mass is 289 g/mol. The Morgan fingerprint density at radius 2 is 2.10 bits per heavy atom. The van der Waals surface area contributed by atoms with Crippen LogP contribution in [0.1, 0.15) is 41.8 Å². The molecule has 0 bridgehead atoms. The van der Waals surface area contributed by atoms with Gasteiger partial charge in [-0.3, -0.25) is 0 Å². The molecule has 2 aromatic rings. The molecule has 1 aromatic heterocycles. The summed E-state index contributed by atoms with van der Waals surface area (Å²) < 4.78 is 10.2. The highest BCUT2D eigenvalue weighted by Gasteiger charge is 2.07. The number of aromatic nitrogens is 2. The smallest absolute Gasteiger partial charge is 0.338 e. The number of anilines is 1. The number of hydrogen-bond donors (Lipinski definition) is 1. The molecule has 0 spiro atoms. The van der Waals surface area contributed by atoms with Gasteiger partial charge in [-0.05, 0) is 37.6 Å². The summed E-state index contributed by atoms with van der Waals surface area (Å²) in [6.07, 6.45) is 1.89. The van der Waals surface area contributed by atoms with Crippen molar-refractivity contribution in [2.24, 2.45) is 0 Å². The van der Waals surface area contributed by atoms with Gasteiger partial charge < -0.3 is 14.6 Å². The van der Waals surface area contributed by atoms with Crippen molar-refractivity contribution in [2.75, 3.05) is 11.9 Å². The summed E-state index contributed by atoms with van der Waals surface area (Å²) in [6, 6.07) is 7.10. The molecular formula is C15H19N3O3. The van der Waals surface area contributed by atoms with Gasteiger partial charge in [-0.2, -0.15) is 4.98 Å². The van der Waals surface area contributed by atoms with Crippen LogP contribution in [0.2, 0.25) is 0 Å². The van der Waals surface area contributed by atoms with Gasteiger partial charge in [0.25, 0.3) is 0 Å². The zero-order valence-corrected chi connectivity index (χ0v) is 12.3. The average molecular weight is 289 g/mol. The van der Waals surface area contributed by atoms with E-state index in [4.69, 9.17) is 9.26 Å². The molecule has 1 heterocycles. The van der Waals surface area contributed by atoms with Crippen molar-refractivity contribution in [3.63, 3.8) is 0 Å². The number of ether oxygens (including phenoxy) is 1. The number of rotatable bonds is 7. The van der Waals surface area contributed by atoms with E-state index < -0.39 is 0 Å². The number of carbonyl (C=O) groups is 1. The maximum absolute atomic E-state index is 11.7. The van der Waals surface area contributed by atoms with Crippen LogP contribution in [0.25, 0.3) is 0 Å². The SMILES string of the molecule is CCCCOC(=O)c1ccc(NCc2nc(C)no2)cc1. The van der Waals surface area contributed by atoms with Crippen molar-refractivity contribution in [1.29, 1.82) is 0 Å². The van der Waals surface area contributed by atoms with Crippen LogP contribution in [0.15, 0.2) is 28.8 Å². The maximum atomic E-state index is 11.7. The fourth-order valence-corrected chi connectivity index (χ4v) is 1.71. The Morgan fingerprint density at radius 3 is 2.71 bits per heavy atom. The highest BCUT2D eigenvalue weighted by Crippen LogP contribution is 2.12. The molecule has 0 aliphatic carbocycles. The van der Waals surface area contributed by atoms with Crippen molar-refractivity contribution < 1.29 is 14.1 Å². The summed E-state index contributed by atoms with van der Waals surface area (Å²) in [7, 11) is 0. The molecule has 0 aliphatic heterocycles. The van der Waals surface area contributed by atoms with E-state index in [0.717, 1.165) is 18.5 Å². The Kier molecular flexibility index (Phi) is 5.31. The molecule has 21 heavy (non-hydrogen) atoms. The van der Waals surface area contributed by atoms with E-state index >= 15 is 0 Å². The van der Waals surface area contributed by atoms with Crippen LogP contribution < -0.4 is 5.32 Å². The molecular weight excluding hydrogens is 270 g/mol. The zero-order valence-electron chi connectivity index (χ0n) is 12.3. The first-order valence-corrected chi connectivity index (χ1v) is 6.99. The normalized spacial score (nSPS) is 10.4. The van der Waals surface area contributed by atoms with Gasteiger partial charge in [0.15, 0.2) is 5.82 Å². The van der Waals surface area contributed by atoms with Crippen molar-refractivity contribution in [2.45, 2.75) is 33.2 Å². The van der Waals surface area contributed by atoms with E-state index in [-0.39, 0.29) is 5.97 Å². The molecule has 0 fully saturated rings. The summed E-state index contributed by atoms with van der Waals surface area (Å²) in [4.78, 5) is 15.8. The summed E-state index contributed by atoms with van der Waals surface area (Å²) in [6.45, 7) is 4.73. The molecule has 1 N–H and O–H groups in total. The summed E-state index contributed by atoms with van der Waals surface area (Å²) >= 11 is 0. The van der Waals surface area contributed by atoms with E-state index in [2.05, 4.69) is 22.4 Å². The predicted octanol–water partition coefficient (Wildman–Crippen LogP) is 2.95. The Bertz CT molecular complexity index is 578. The van der Waals surface area contributed by atoms with Gasteiger partial charge in [0.05, 0.1) is 18.7 Å². The number of benzene rings is 1. The van der Waals surface area contributed by atoms with Gasteiger partial charge in [0.2, 0.25) is 5.89 Å². The van der Waals surface area contributed by atoms with Crippen LogP contribution in [0, 0.1) is 6.92 Å². The first-order valence-electron chi connectivity index (χ1n) is 6.99. The van der Waals surface area contributed by atoms with E-state index in [1.54, 1.807) is 19.1 Å². The third-order valence-corrected chi connectivity index (χ3v) is 2.87. The number of hydrogen-bond acceptors (Lipinski definition) is 6. The summed E-state index contributed by atoms with van der Waals surface area (Å²) in [5.41, 5.74) is 1.42. The number of carbonyl (C=O) groups excluding carboxylic acids is 1. The van der Waals surface area contributed by atoms with Crippen LogP contribution >= 0.6 is 0 Å². The molecule has 0 unspecified atom stereocenters. The minimum atomic E-state index is -0.289. The Hall–Kier alpha value is -2.37. The standard InChI is InChI=1S/C15H19N3O3/c1-3-4-9-20-15(19)12-5-7-13(8-6-12)16-10-14-17-11(2)18-21-14/h5-8,16H,3-4,9-10H2,1-2H3. The fraction of sp³-hybridized carbons (Fsp3) is 0.400. The first kappa shape index (κ1) is 15.0. The molecule has 2 rings (SSSR count). The van der Waals surface area contributed by atoms with Gasteiger partial charge >= 0.3 is 5.97 Å². The van der Waals surface area contributed by atoms with E-state index in [1.165, 1.54) is 0 Å². The number of unbranched alkanes of at least 4 members (excludes halogenated alkanes) is 1. The second-order valence-corrected chi connectivity index (χ2v) is 4.66. The third-order valence-electron chi connectivity index (χ3n) is 2.87. The van der Waals surface area contributed by atoms with Crippen LogP contribution in [0.4, 0.5) is 5.69 Å². The molecule has 6 heteroatoms. The molecule has 0 aliphatic rings. The van der Waals surface area contributed by atoms with E-state index in [0.29, 0.717) is 30.4 Å². The number of nitrogens with one attached hydrogen (secondary N) is 1. The topological polar surface area (TPSA) is 77.2 Å². The number of aryl methyl sites for hydroxylation is 1. The van der Waals surface area contributed by atoms with Crippen LogP contribution in [-0.2, 0) is 11.3 Å². The second kappa shape index (κ2) is 7.42. The molecule has 6 nitrogen and oxygen atoms in total. The maximum Gasteiger partial charge on any atom is 0.338 e. The minimum absolute atomic E-state index is 0.289. The van der Waals surface area contributed by atoms with Gasteiger partial charge in [-0.25, -0.2) is 4.79 Å². The molecule has 0 radical (unpaired) electrons. The van der Waals surface area contributed by atoms with Gasteiger partial charge in [0.1, 0.15) is 0 Å². The second-order valence-electron chi connectivity index (χ2n) is 4.66. The highest BCUT2D eigenvalue weighted by molar-refractivity contribution is 5.89. The minimum Gasteiger partial charge on any atom is -0.462 e. The van der Waals surface area contributed by atoms with Crippen LogP contribution in [0.3, 0.4) is 0 Å². The largest absolute Gasteiger partial charge is 0.462 e. The van der Waals surface area contributed by atoms with Crippen molar-refractivity contribution in [1.82, 2.24) is 10.1 Å². The quantitative estimate of drug-likeness (QED) is 0.623. The predicted molar refractivity (Wildman–Crippen MR) is 78.0 cm³/mol. The lowest BCUT2D eigenvalue weighted by atomic mass is 10.2. The van der Waals surface area contributed by atoms with Crippen LogP contribution in [-0.4, -0.2) is 22.7 Å². The number of nitrogens with zero attached hydrogens (tertiary/aromatic N) is 2. The van der Waals surface area contributed by atoms with Crippen molar-refractivity contribution >= 4 is 11.7 Å². The Morgan fingerprint density at radius 1 is 1.33 bits per heavy atom. The third kappa shape index (κ3) is 4.59. The molecule has 0 saturated carbocycles. The van der Waals surface area contributed by atoms with Crippen molar-refractivity contribution in [3.8, 4) is 0 Å². The number of esters is 1. The van der Waals surface area contributed by atoms with Gasteiger partial charge in [-0.1, -0.05) is 18.5 Å². The molecule has 1 aromatic carbocycles. The van der Waals surface area contributed by atoms with Gasteiger partial charge in [-0.15, -0.1) is 0 Å². The summed E-state index contributed by atoms with van der Waals surface area (Å²) in [5, 5.41) is 6.86. The Labute approximate surface area is 123 Å². The summed E-state index contributed by atoms with van der Waals surface area (Å²) in [5.74, 6) is 0.843. The first-order chi connectivity index (χ1) is 10.2. The molecule has 0 atom stereocenters. The Balaban J connectivity index is 1.85. The van der Waals surface area contributed by atoms with Gasteiger partial charge in [0, 0.05) is 5.69 Å². The van der Waals surface area contributed by atoms with Crippen LogP contribution in [0.5, 0.6) is 0 Å². The zero-order chi connectivity index (χ0) is 15.1.